The molecule has 2 N–H and O–H groups in total. The Morgan fingerprint density at radius 3 is 2.85 bits per heavy atom. The molecular weight excluding hydrogens is 164 g/mol. The van der Waals surface area contributed by atoms with Gasteiger partial charge in [0.05, 0.1) is 5.69 Å². The summed E-state index contributed by atoms with van der Waals surface area (Å²) in [5, 5.41) is 1.57. The number of rotatable bonds is 0. The molecule has 0 aromatic heterocycles. The maximum atomic E-state index is 11.5. The quantitative estimate of drug-likeness (QED) is 0.621. The second-order valence-corrected chi connectivity index (χ2v) is 3.23. The number of primary amides is 1. The van der Waals surface area contributed by atoms with Crippen molar-refractivity contribution in [2.75, 3.05) is 0 Å². The van der Waals surface area contributed by atoms with Crippen LogP contribution < -0.4 is 5.32 Å². The summed E-state index contributed by atoms with van der Waals surface area (Å²) in [6.45, 7) is 3.81. The number of carbonyl (C=O) groups excluding carboxylic acids is 1. The molecule has 0 saturated carbocycles. The lowest BCUT2D eigenvalue weighted by atomic mass is 10.1. The van der Waals surface area contributed by atoms with Crippen molar-refractivity contribution in [2.24, 2.45) is 4.99 Å². The smallest absolute Gasteiger partial charge is 0.234 e. The molecule has 1 amide bonds. The van der Waals surface area contributed by atoms with Gasteiger partial charge in [0.15, 0.2) is 0 Å². The summed E-state index contributed by atoms with van der Waals surface area (Å²) in [6, 6.07) is 5.67. The Morgan fingerprint density at radius 2 is 2.08 bits per heavy atom. The largest absolute Gasteiger partial charge is 0.350 e. The maximum absolute atomic E-state index is 11.5. The number of quaternary nitrogens is 1. The van der Waals surface area contributed by atoms with E-state index in [9.17, 15) is 4.79 Å². The number of hydrogen-bond acceptors (Lipinski definition) is 2. The molecule has 0 saturated heterocycles. The predicted molar refractivity (Wildman–Crippen MR) is 50.2 cm³/mol. The summed E-state index contributed by atoms with van der Waals surface area (Å²) in [4.78, 5) is 15.8. The normalized spacial score (nSPS) is 15.2. The number of nitrogens with zero attached hydrogens (tertiary/aromatic N) is 1. The van der Waals surface area contributed by atoms with Crippen LogP contribution in [0.1, 0.15) is 22.8 Å². The topological polar surface area (TPSA) is 46.0 Å². The van der Waals surface area contributed by atoms with E-state index in [0.717, 1.165) is 17.1 Å². The first-order valence-corrected chi connectivity index (χ1v) is 4.22. The first kappa shape index (κ1) is 8.13. The third-order valence-electron chi connectivity index (χ3n) is 2.13. The fourth-order valence-electron chi connectivity index (χ4n) is 1.48. The van der Waals surface area contributed by atoms with Gasteiger partial charge in [-0.15, -0.1) is 0 Å². The average molecular weight is 175 g/mol. The highest BCUT2D eigenvalue weighted by molar-refractivity contribution is 6.01. The van der Waals surface area contributed by atoms with Gasteiger partial charge in [-0.2, -0.15) is 4.99 Å². The molecule has 1 aliphatic heterocycles. The van der Waals surface area contributed by atoms with Crippen molar-refractivity contribution in [3.05, 3.63) is 29.3 Å². The summed E-state index contributed by atoms with van der Waals surface area (Å²) in [5.74, 6) is 0.845. The molecule has 0 atom stereocenters. The van der Waals surface area contributed by atoms with Crippen LogP contribution in [-0.4, -0.2) is 11.7 Å². The van der Waals surface area contributed by atoms with Crippen molar-refractivity contribution in [3.63, 3.8) is 0 Å². The van der Waals surface area contributed by atoms with Gasteiger partial charge < -0.3 is 0 Å². The minimum Gasteiger partial charge on any atom is -0.234 e. The number of hydrogen-bond donors (Lipinski definition) is 1. The molecule has 66 valence electrons. The molecular formula is C10H11N2O+. The van der Waals surface area contributed by atoms with Crippen LogP contribution in [0.2, 0.25) is 0 Å². The van der Waals surface area contributed by atoms with Crippen molar-refractivity contribution in [3.8, 4) is 0 Å². The number of amidine groups is 1. The van der Waals surface area contributed by atoms with Crippen LogP contribution in [0.3, 0.4) is 0 Å². The Kier molecular flexibility index (Phi) is 1.74. The second-order valence-electron chi connectivity index (χ2n) is 3.23. The maximum Gasteiger partial charge on any atom is 0.350 e. The van der Waals surface area contributed by atoms with Gasteiger partial charge in [-0.25, -0.2) is 10.1 Å². The Bertz CT molecular complexity index is 407. The molecule has 1 aromatic carbocycles. The standard InChI is InChI=1S/C10H10N2O/c1-6-4-3-5-8-9(6)11-7(2)12-10(8)13/h3-5H,1-2H3,(H,11,12,13)/p+1. The molecule has 0 fully saturated rings. The number of aliphatic imine (C=N–C) groups is 1. The molecule has 13 heavy (non-hydrogen) atoms. The lowest BCUT2D eigenvalue weighted by Gasteiger charge is -2.10. The minimum atomic E-state index is 0.0613. The van der Waals surface area contributed by atoms with E-state index in [1.165, 1.54) is 0 Å². The highest BCUT2D eigenvalue weighted by Gasteiger charge is 2.22. The lowest BCUT2D eigenvalue weighted by molar-refractivity contribution is -0.432. The fourth-order valence-corrected chi connectivity index (χ4v) is 1.48. The van der Waals surface area contributed by atoms with Gasteiger partial charge in [-0.3, -0.25) is 0 Å². The fraction of sp³-hybridized carbons (Fsp3) is 0.200. The van der Waals surface area contributed by atoms with Gasteiger partial charge in [0, 0.05) is 6.92 Å². The van der Waals surface area contributed by atoms with Gasteiger partial charge in [0.25, 0.3) is 0 Å². The summed E-state index contributed by atoms with van der Waals surface area (Å²) in [7, 11) is 0. The van der Waals surface area contributed by atoms with Crippen molar-refractivity contribution >= 4 is 17.4 Å². The average Bonchev–Trinajstić information content (AvgIpc) is 2.07. The van der Waals surface area contributed by atoms with Crippen molar-refractivity contribution in [2.45, 2.75) is 13.8 Å². The number of nitrogens with two attached hydrogens (primary N) is 1. The highest BCUT2D eigenvalue weighted by atomic mass is 16.1. The van der Waals surface area contributed by atoms with Crippen molar-refractivity contribution in [1.29, 1.82) is 0 Å². The summed E-state index contributed by atoms with van der Waals surface area (Å²) >= 11 is 0. The van der Waals surface area contributed by atoms with E-state index < -0.39 is 0 Å². The molecule has 0 aliphatic carbocycles. The molecule has 1 aromatic rings. The molecule has 0 radical (unpaired) electrons. The van der Waals surface area contributed by atoms with Crippen LogP contribution in [0.25, 0.3) is 0 Å². The van der Waals surface area contributed by atoms with Gasteiger partial charge in [-0.05, 0) is 18.6 Å². The van der Waals surface area contributed by atoms with Gasteiger partial charge >= 0.3 is 5.91 Å². The molecule has 3 heteroatoms. The van der Waals surface area contributed by atoms with E-state index in [0.29, 0.717) is 5.56 Å². The van der Waals surface area contributed by atoms with E-state index in [1.807, 2.05) is 32.0 Å². The molecule has 1 heterocycles. The first-order chi connectivity index (χ1) is 6.18. The summed E-state index contributed by atoms with van der Waals surface area (Å²) < 4.78 is 0. The molecule has 0 spiro atoms. The molecule has 2 rings (SSSR count). The van der Waals surface area contributed by atoms with Gasteiger partial charge in [0.1, 0.15) is 5.56 Å². The monoisotopic (exact) mass is 175 g/mol. The van der Waals surface area contributed by atoms with E-state index in [1.54, 1.807) is 5.32 Å². The van der Waals surface area contributed by atoms with Gasteiger partial charge in [-0.1, -0.05) is 12.1 Å². The van der Waals surface area contributed by atoms with Crippen LogP contribution in [0.5, 0.6) is 0 Å². The first-order valence-electron chi connectivity index (χ1n) is 4.22. The number of amides is 1. The number of para-hydroxylation sites is 1. The molecule has 0 bridgehead atoms. The third kappa shape index (κ3) is 1.27. The highest BCUT2D eigenvalue weighted by Crippen LogP contribution is 2.24. The lowest BCUT2D eigenvalue weighted by Crippen LogP contribution is -2.91. The molecule has 1 aliphatic rings. The SMILES string of the molecule is CC1=Nc2c(C)cccc2C(=O)[NH2+]1. The molecule has 3 nitrogen and oxygen atoms in total. The summed E-state index contributed by atoms with van der Waals surface area (Å²) in [5.41, 5.74) is 2.59. The van der Waals surface area contributed by atoms with E-state index in [4.69, 9.17) is 0 Å². The Hall–Kier alpha value is -1.48. The third-order valence-corrected chi connectivity index (χ3v) is 2.13. The number of aryl methyl sites for hydroxylation is 1. The van der Waals surface area contributed by atoms with Crippen LogP contribution in [-0.2, 0) is 0 Å². The van der Waals surface area contributed by atoms with Crippen LogP contribution in [0.4, 0.5) is 5.69 Å². The van der Waals surface area contributed by atoms with E-state index in [-0.39, 0.29) is 5.91 Å². The molecule has 0 unspecified atom stereocenters. The zero-order chi connectivity index (χ0) is 9.42. The Morgan fingerprint density at radius 1 is 1.31 bits per heavy atom. The Labute approximate surface area is 76.5 Å². The second kappa shape index (κ2) is 2.78. The van der Waals surface area contributed by atoms with Crippen molar-refractivity contribution < 1.29 is 10.1 Å². The summed E-state index contributed by atoms with van der Waals surface area (Å²) in [6.07, 6.45) is 0. The van der Waals surface area contributed by atoms with Crippen LogP contribution in [0, 0.1) is 6.92 Å². The number of carbonyl (C=O) groups is 1. The number of fused-ring (bicyclic) bond motifs is 1. The predicted octanol–water partition coefficient (Wildman–Crippen LogP) is 0.762. The van der Waals surface area contributed by atoms with E-state index >= 15 is 0 Å². The number of benzene rings is 1. The zero-order valence-electron chi connectivity index (χ0n) is 7.66. The Balaban J connectivity index is 2.69. The zero-order valence-corrected chi connectivity index (χ0v) is 7.66. The van der Waals surface area contributed by atoms with Crippen molar-refractivity contribution in [1.82, 2.24) is 0 Å². The van der Waals surface area contributed by atoms with E-state index in [2.05, 4.69) is 4.99 Å². The van der Waals surface area contributed by atoms with Gasteiger partial charge in [0.2, 0.25) is 5.84 Å². The minimum absolute atomic E-state index is 0.0613. The van der Waals surface area contributed by atoms with Crippen LogP contribution >= 0.6 is 0 Å². The van der Waals surface area contributed by atoms with Crippen LogP contribution in [0.15, 0.2) is 23.2 Å².